The molecule has 0 unspecified atom stereocenters. The summed E-state index contributed by atoms with van der Waals surface area (Å²) < 4.78 is 5.70. The summed E-state index contributed by atoms with van der Waals surface area (Å²) in [6.45, 7) is 0. The molecule has 0 atom stereocenters. The highest BCUT2D eigenvalue weighted by atomic mass is 35.5. The number of aromatic carboxylic acids is 2. The number of hydrogen-bond acceptors (Lipinski definition) is 4. The molecule has 0 saturated carbocycles. The molecule has 8 heteroatoms. The Hall–Kier alpha value is -3.84. The summed E-state index contributed by atoms with van der Waals surface area (Å²) >= 11 is 6.05. The van der Waals surface area contributed by atoms with Gasteiger partial charge in [0.25, 0.3) is 5.91 Å². The third-order valence-electron chi connectivity index (χ3n) is 3.93. The molecule has 1 amide bonds. The van der Waals surface area contributed by atoms with E-state index in [0.717, 1.165) is 12.1 Å². The third-order valence-corrected chi connectivity index (χ3v) is 4.26. The Bertz CT molecular complexity index is 1110. The minimum atomic E-state index is -1.40. The highest BCUT2D eigenvalue weighted by Crippen LogP contribution is 2.31. The number of carbonyl (C=O) groups is 3. The molecular weight excluding hydrogens is 398 g/mol. The van der Waals surface area contributed by atoms with E-state index >= 15 is 0 Å². The van der Waals surface area contributed by atoms with Gasteiger partial charge in [-0.2, -0.15) is 0 Å². The quantitative estimate of drug-likeness (QED) is 0.538. The largest absolute Gasteiger partial charge is 0.478 e. The Balaban J connectivity index is 1.89. The number of hydrogen-bond donors (Lipinski definition) is 3. The first kappa shape index (κ1) is 19.9. The zero-order valence-electron chi connectivity index (χ0n) is 14.8. The van der Waals surface area contributed by atoms with Crippen molar-refractivity contribution in [2.75, 3.05) is 5.32 Å². The van der Waals surface area contributed by atoms with E-state index in [4.69, 9.17) is 21.4 Å². The van der Waals surface area contributed by atoms with E-state index in [-0.39, 0.29) is 22.6 Å². The normalized spacial score (nSPS) is 10.2. The van der Waals surface area contributed by atoms with Crippen molar-refractivity contribution < 1.29 is 29.3 Å². The molecule has 0 bridgehead atoms. The molecule has 3 aromatic carbocycles. The number of carboxylic acid groups (broad SMARTS) is 2. The second kappa shape index (κ2) is 8.45. The van der Waals surface area contributed by atoms with Crippen LogP contribution in [0.4, 0.5) is 5.69 Å². The molecule has 0 saturated heterocycles. The van der Waals surface area contributed by atoms with Crippen molar-refractivity contribution in [2.45, 2.75) is 0 Å². The van der Waals surface area contributed by atoms with Crippen LogP contribution in [0.15, 0.2) is 66.7 Å². The Morgan fingerprint density at radius 2 is 1.45 bits per heavy atom. The van der Waals surface area contributed by atoms with E-state index in [2.05, 4.69) is 5.32 Å². The summed E-state index contributed by atoms with van der Waals surface area (Å²) in [6, 6.07) is 16.7. The molecule has 0 spiro atoms. The predicted molar refractivity (Wildman–Crippen MR) is 106 cm³/mol. The van der Waals surface area contributed by atoms with Gasteiger partial charge in [-0.1, -0.05) is 35.9 Å². The maximum atomic E-state index is 12.5. The van der Waals surface area contributed by atoms with Crippen LogP contribution in [-0.4, -0.2) is 28.1 Å². The van der Waals surface area contributed by atoms with Crippen LogP contribution >= 0.6 is 11.6 Å². The summed E-state index contributed by atoms with van der Waals surface area (Å²) in [5, 5.41) is 21.3. The molecule has 3 aromatic rings. The molecule has 0 heterocycles. The van der Waals surface area contributed by atoms with Crippen molar-refractivity contribution in [1.82, 2.24) is 0 Å². The molecule has 7 nitrogen and oxygen atoms in total. The van der Waals surface area contributed by atoms with Gasteiger partial charge in [-0.3, -0.25) is 4.79 Å². The summed E-state index contributed by atoms with van der Waals surface area (Å²) in [7, 11) is 0. The van der Waals surface area contributed by atoms with Crippen molar-refractivity contribution in [1.29, 1.82) is 0 Å². The number of para-hydroxylation sites is 2. The SMILES string of the molecule is O=C(Nc1ccccc1Oc1ccc(C(=O)O)c(C(=O)O)c1)c1ccccc1Cl. The fourth-order valence-electron chi connectivity index (χ4n) is 2.57. The van der Waals surface area contributed by atoms with Crippen LogP contribution in [-0.2, 0) is 0 Å². The number of carbonyl (C=O) groups excluding carboxylic acids is 1. The maximum Gasteiger partial charge on any atom is 0.336 e. The molecular formula is C21H14ClNO6. The van der Waals surface area contributed by atoms with Gasteiger partial charge < -0.3 is 20.3 Å². The van der Waals surface area contributed by atoms with Crippen LogP contribution < -0.4 is 10.1 Å². The molecule has 0 aliphatic heterocycles. The fourth-order valence-corrected chi connectivity index (χ4v) is 2.79. The average Bonchev–Trinajstić information content (AvgIpc) is 2.69. The van der Waals surface area contributed by atoms with Crippen molar-refractivity contribution in [3.8, 4) is 11.5 Å². The molecule has 0 radical (unpaired) electrons. The Morgan fingerprint density at radius 1 is 0.793 bits per heavy atom. The summed E-state index contributed by atoms with van der Waals surface area (Å²) in [6.07, 6.45) is 0. The Morgan fingerprint density at radius 3 is 2.14 bits per heavy atom. The monoisotopic (exact) mass is 411 g/mol. The standard InChI is InChI=1S/C21H14ClNO6/c22-16-6-2-1-5-14(16)19(24)23-17-7-3-4-8-18(17)29-12-9-10-13(20(25)26)15(11-12)21(27)28/h1-11H,(H,23,24)(H,25,26)(H,27,28). The highest BCUT2D eigenvalue weighted by Gasteiger charge is 2.18. The fraction of sp³-hybridized carbons (Fsp3) is 0. The second-order valence-electron chi connectivity index (χ2n) is 5.85. The highest BCUT2D eigenvalue weighted by molar-refractivity contribution is 6.34. The Kier molecular flexibility index (Phi) is 5.80. The third kappa shape index (κ3) is 4.53. The molecule has 3 rings (SSSR count). The van der Waals surface area contributed by atoms with Gasteiger partial charge in [-0.05, 0) is 42.5 Å². The smallest absolute Gasteiger partial charge is 0.336 e. The summed E-state index contributed by atoms with van der Waals surface area (Å²) in [5.41, 5.74) is -0.155. The van der Waals surface area contributed by atoms with Crippen LogP contribution in [0.25, 0.3) is 0 Å². The van der Waals surface area contributed by atoms with Gasteiger partial charge >= 0.3 is 11.9 Å². The van der Waals surface area contributed by atoms with E-state index in [0.29, 0.717) is 10.7 Å². The van der Waals surface area contributed by atoms with Crippen molar-refractivity contribution in [2.24, 2.45) is 0 Å². The number of ether oxygens (including phenoxy) is 1. The maximum absolute atomic E-state index is 12.5. The van der Waals surface area contributed by atoms with Crippen LogP contribution in [0.3, 0.4) is 0 Å². The lowest BCUT2D eigenvalue weighted by Gasteiger charge is -2.13. The molecule has 0 fully saturated rings. The number of amides is 1. The van der Waals surface area contributed by atoms with Gasteiger partial charge in [0.2, 0.25) is 0 Å². The minimum Gasteiger partial charge on any atom is -0.478 e. The van der Waals surface area contributed by atoms with Crippen LogP contribution in [0.1, 0.15) is 31.1 Å². The zero-order valence-corrected chi connectivity index (χ0v) is 15.5. The van der Waals surface area contributed by atoms with Gasteiger partial charge in [0.1, 0.15) is 5.75 Å². The van der Waals surface area contributed by atoms with E-state index in [1.807, 2.05) is 0 Å². The van der Waals surface area contributed by atoms with Crippen molar-refractivity contribution >= 4 is 35.1 Å². The van der Waals surface area contributed by atoms with Crippen LogP contribution in [0.2, 0.25) is 5.02 Å². The number of halogens is 1. The van der Waals surface area contributed by atoms with Crippen LogP contribution in [0.5, 0.6) is 11.5 Å². The molecule has 29 heavy (non-hydrogen) atoms. The Labute approximate surface area is 170 Å². The molecule has 0 aliphatic carbocycles. The molecule has 0 aliphatic rings. The molecule has 0 aromatic heterocycles. The first-order valence-corrected chi connectivity index (χ1v) is 8.68. The van der Waals surface area contributed by atoms with Crippen LogP contribution in [0, 0.1) is 0 Å². The topological polar surface area (TPSA) is 113 Å². The van der Waals surface area contributed by atoms with Crippen molar-refractivity contribution in [3.05, 3.63) is 88.4 Å². The average molecular weight is 412 g/mol. The van der Waals surface area contributed by atoms with Gasteiger partial charge in [-0.15, -0.1) is 0 Å². The van der Waals surface area contributed by atoms with Gasteiger partial charge in [0.15, 0.2) is 5.75 Å². The number of benzene rings is 3. The zero-order chi connectivity index (χ0) is 21.0. The molecule has 146 valence electrons. The van der Waals surface area contributed by atoms with Gasteiger partial charge in [0, 0.05) is 0 Å². The van der Waals surface area contributed by atoms with Crippen molar-refractivity contribution in [3.63, 3.8) is 0 Å². The van der Waals surface area contributed by atoms with Gasteiger partial charge in [-0.25, -0.2) is 9.59 Å². The minimum absolute atomic E-state index is 0.104. The van der Waals surface area contributed by atoms with E-state index < -0.39 is 23.4 Å². The summed E-state index contributed by atoms with van der Waals surface area (Å²) in [5.74, 6) is -2.85. The lowest BCUT2D eigenvalue weighted by atomic mass is 10.1. The lowest BCUT2D eigenvalue weighted by Crippen LogP contribution is -2.13. The predicted octanol–water partition coefficient (Wildman–Crippen LogP) is 4.78. The summed E-state index contributed by atoms with van der Waals surface area (Å²) in [4.78, 5) is 35.0. The van der Waals surface area contributed by atoms with E-state index in [1.54, 1.807) is 48.5 Å². The van der Waals surface area contributed by atoms with E-state index in [9.17, 15) is 19.5 Å². The van der Waals surface area contributed by atoms with E-state index in [1.165, 1.54) is 6.07 Å². The second-order valence-corrected chi connectivity index (χ2v) is 6.26. The first-order valence-electron chi connectivity index (χ1n) is 8.30. The molecule has 3 N–H and O–H groups in total. The number of anilines is 1. The lowest BCUT2D eigenvalue weighted by molar-refractivity contribution is 0.0651. The number of carboxylic acids is 2. The number of rotatable bonds is 6. The first-order chi connectivity index (χ1) is 13.9. The van der Waals surface area contributed by atoms with Gasteiger partial charge in [0.05, 0.1) is 27.4 Å². The number of nitrogens with one attached hydrogen (secondary N) is 1.